The molecule has 4 heterocycles. The SMILES string of the molecule is O=C(Nc1nc(-c2ccc[nH]2)cs1)c1csc(-c2ccco2)n1. The Balaban J connectivity index is 1.50. The van der Waals surface area contributed by atoms with Gasteiger partial charge in [0, 0.05) is 17.0 Å². The van der Waals surface area contributed by atoms with Gasteiger partial charge in [-0.25, -0.2) is 9.97 Å². The Bertz CT molecular complexity index is 923. The fourth-order valence-electron chi connectivity index (χ4n) is 2.00. The Hall–Kier alpha value is -2.71. The molecule has 0 unspecified atom stereocenters. The molecule has 0 aliphatic rings. The van der Waals surface area contributed by atoms with Crippen molar-refractivity contribution >= 4 is 33.7 Å². The molecule has 0 saturated carbocycles. The van der Waals surface area contributed by atoms with Crippen LogP contribution < -0.4 is 5.32 Å². The van der Waals surface area contributed by atoms with Crippen LogP contribution >= 0.6 is 22.7 Å². The molecule has 4 aromatic heterocycles. The molecule has 6 nitrogen and oxygen atoms in total. The van der Waals surface area contributed by atoms with Crippen molar-refractivity contribution < 1.29 is 9.21 Å². The van der Waals surface area contributed by atoms with Crippen LogP contribution in [0.15, 0.2) is 51.9 Å². The monoisotopic (exact) mass is 342 g/mol. The van der Waals surface area contributed by atoms with E-state index < -0.39 is 0 Å². The third-order valence-electron chi connectivity index (χ3n) is 3.07. The third kappa shape index (κ3) is 2.81. The van der Waals surface area contributed by atoms with Crippen LogP contribution in [0.3, 0.4) is 0 Å². The number of H-pyrrole nitrogens is 1. The summed E-state index contributed by atoms with van der Waals surface area (Å²) in [4.78, 5) is 24.0. The molecule has 0 fully saturated rings. The van der Waals surface area contributed by atoms with E-state index in [1.54, 1.807) is 17.7 Å². The highest BCUT2D eigenvalue weighted by molar-refractivity contribution is 7.14. The zero-order valence-corrected chi connectivity index (χ0v) is 13.3. The van der Waals surface area contributed by atoms with Gasteiger partial charge in [-0.15, -0.1) is 22.7 Å². The first-order valence-electron chi connectivity index (χ1n) is 6.69. The van der Waals surface area contributed by atoms with Crippen molar-refractivity contribution in [2.45, 2.75) is 0 Å². The van der Waals surface area contributed by atoms with Crippen molar-refractivity contribution in [1.29, 1.82) is 0 Å². The number of hydrogen-bond acceptors (Lipinski definition) is 6. The number of carbonyl (C=O) groups is 1. The van der Waals surface area contributed by atoms with Crippen molar-refractivity contribution in [3.63, 3.8) is 0 Å². The van der Waals surface area contributed by atoms with Gasteiger partial charge in [0.2, 0.25) is 0 Å². The van der Waals surface area contributed by atoms with Crippen LogP contribution in [0.4, 0.5) is 5.13 Å². The van der Waals surface area contributed by atoms with Crippen molar-refractivity contribution in [3.8, 4) is 22.2 Å². The number of anilines is 1. The Morgan fingerprint density at radius 3 is 2.91 bits per heavy atom. The number of furan rings is 1. The van der Waals surface area contributed by atoms with Gasteiger partial charge in [0.25, 0.3) is 5.91 Å². The van der Waals surface area contributed by atoms with Gasteiger partial charge < -0.3 is 9.40 Å². The number of nitrogens with zero attached hydrogens (tertiary/aromatic N) is 2. The lowest BCUT2D eigenvalue weighted by Crippen LogP contribution is -2.12. The van der Waals surface area contributed by atoms with Crippen molar-refractivity contribution in [3.05, 3.63) is 53.2 Å². The number of nitrogens with one attached hydrogen (secondary N) is 2. The summed E-state index contributed by atoms with van der Waals surface area (Å²) in [5.74, 6) is 0.365. The van der Waals surface area contributed by atoms with Crippen LogP contribution in [0.5, 0.6) is 0 Å². The summed E-state index contributed by atoms with van der Waals surface area (Å²) in [5, 5.41) is 7.56. The summed E-state index contributed by atoms with van der Waals surface area (Å²) in [5.41, 5.74) is 2.05. The highest BCUT2D eigenvalue weighted by atomic mass is 32.1. The number of hydrogen-bond donors (Lipinski definition) is 2. The molecule has 23 heavy (non-hydrogen) atoms. The fraction of sp³-hybridized carbons (Fsp3) is 0. The molecule has 4 rings (SSSR count). The van der Waals surface area contributed by atoms with E-state index in [-0.39, 0.29) is 5.91 Å². The molecular formula is C15H10N4O2S2. The van der Waals surface area contributed by atoms with Crippen molar-refractivity contribution in [2.75, 3.05) is 5.32 Å². The summed E-state index contributed by atoms with van der Waals surface area (Å²) in [7, 11) is 0. The number of rotatable bonds is 4. The van der Waals surface area contributed by atoms with Crippen LogP contribution in [0.25, 0.3) is 22.2 Å². The Labute approximate surface area is 138 Å². The average molecular weight is 342 g/mol. The van der Waals surface area contributed by atoms with Crippen LogP contribution in [0, 0.1) is 0 Å². The van der Waals surface area contributed by atoms with Crippen LogP contribution in [-0.4, -0.2) is 20.9 Å². The molecule has 0 aromatic carbocycles. The quantitative estimate of drug-likeness (QED) is 0.584. The molecule has 0 spiro atoms. The summed E-state index contributed by atoms with van der Waals surface area (Å²) in [6, 6.07) is 7.42. The van der Waals surface area contributed by atoms with Crippen LogP contribution in [-0.2, 0) is 0 Å². The molecular weight excluding hydrogens is 332 g/mol. The molecule has 0 aliphatic heterocycles. The second-order valence-corrected chi connectivity index (χ2v) is 6.31. The largest absolute Gasteiger partial charge is 0.462 e. The molecule has 0 aliphatic carbocycles. The molecule has 2 N–H and O–H groups in total. The maximum absolute atomic E-state index is 12.3. The minimum absolute atomic E-state index is 0.286. The number of aromatic amines is 1. The molecule has 114 valence electrons. The number of carbonyl (C=O) groups excluding carboxylic acids is 1. The molecule has 0 radical (unpaired) electrons. The first-order chi connectivity index (χ1) is 11.3. The lowest BCUT2D eigenvalue weighted by Gasteiger charge is -1.97. The molecule has 4 aromatic rings. The normalized spacial score (nSPS) is 10.8. The van der Waals surface area contributed by atoms with E-state index in [2.05, 4.69) is 20.3 Å². The highest BCUT2D eigenvalue weighted by Gasteiger charge is 2.15. The van der Waals surface area contributed by atoms with Crippen LogP contribution in [0.1, 0.15) is 10.5 Å². The van der Waals surface area contributed by atoms with E-state index in [1.807, 2.05) is 29.8 Å². The summed E-state index contributed by atoms with van der Waals surface area (Å²) >= 11 is 2.73. The maximum Gasteiger partial charge on any atom is 0.276 e. The van der Waals surface area contributed by atoms with E-state index in [0.29, 0.717) is 21.6 Å². The highest BCUT2D eigenvalue weighted by Crippen LogP contribution is 2.26. The minimum Gasteiger partial charge on any atom is -0.462 e. The lowest BCUT2D eigenvalue weighted by atomic mass is 10.3. The maximum atomic E-state index is 12.3. The number of amides is 1. The topological polar surface area (TPSA) is 83.8 Å². The Morgan fingerprint density at radius 2 is 2.13 bits per heavy atom. The predicted octanol–water partition coefficient (Wildman–Crippen LogP) is 4.11. The molecule has 1 amide bonds. The second kappa shape index (κ2) is 5.82. The predicted molar refractivity (Wildman–Crippen MR) is 89.7 cm³/mol. The third-order valence-corrected chi connectivity index (χ3v) is 4.68. The second-order valence-electron chi connectivity index (χ2n) is 4.59. The average Bonchev–Trinajstić information content (AvgIpc) is 3.30. The molecule has 0 saturated heterocycles. The number of thiazole rings is 2. The van der Waals surface area contributed by atoms with E-state index >= 15 is 0 Å². The van der Waals surface area contributed by atoms with Gasteiger partial charge in [-0.05, 0) is 24.3 Å². The van der Waals surface area contributed by atoms with E-state index in [1.165, 1.54) is 22.7 Å². The summed E-state index contributed by atoms with van der Waals surface area (Å²) in [6.07, 6.45) is 3.41. The van der Waals surface area contributed by atoms with Gasteiger partial charge in [-0.2, -0.15) is 0 Å². The van der Waals surface area contributed by atoms with Crippen molar-refractivity contribution in [2.24, 2.45) is 0 Å². The zero-order valence-electron chi connectivity index (χ0n) is 11.6. The zero-order chi connectivity index (χ0) is 15.6. The van der Waals surface area contributed by atoms with Gasteiger partial charge in [0.15, 0.2) is 15.9 Å². The van der Waals surface area contributed by atoms with Crippen LogP contribution in [0.2, 0.25) is 0 Å². The standard InChI is InChI=1S/C15H10N4O2S2/c20-13(11-8-22-14(17-11)12-4-2-6-21-12)19-15-18-10(7-23-15)9-3-1-5-16-9/h1-8,16H,(H,18,19,20). The van der Waals surface area contributed by atoms with Gasteiger partial charge >= 0.3 is 0 Å². The van der Waals surface area contributed by atoms with Gasteiger partial charge in [0.05, 0.1) is 17.7 Å². The first kappa shape index (κ1) is 13.9. The smallest absolute Gasteiger partial charge is 0.276 e. The Kier molecular flexibility index (Phi) is 3.52. The van der Waals surface area contributed by atoms with Gasteiger partial charge in [0.1, 0.15) is 5.69 Å². The molecule has 0 atom stereocenters. The summed E-state index contributed by atoms with van der Waals surface area (Å²) < 4.78 is 5.28. The molecule has 8 heteroatoms. The summed E-state index contributed by atoms with van der Waals surface area (Å²) in [6.45, 7) is 0. The van der Waals surface area contributed by atoms with E-state index in [9.17, 15) is 4.79 Å². The fourth-order valence-corrected chi connectivity index (χ4v) is 3.47. The number of aromatic nitrogens is 3. The first-order valence-corrected chi connectivity index (χ1v) is 8.45. The minimum atomic E-state index is -0.286. The van der Waals surface area contributed by atoms with Gasteiger partial charge in [-0.3, -0.25) is 10.1 Å². The van der Waals surface area contributed by atoms with E-state index in [0.717, 1.165) is 11.4 Å². The van der Waals surface area contributed by atoms with E-state index in [4.69, 9.17) is 4.42 Å². The molecule has 0 bridgehead atoms. The van der Waals surface area contributed by atoms with Gasteiger partial charge in [-0.1, -0.05) is 0 Å². The lowest BCUT2D eigenvalue weighted by molar-refractivity contribution is 0.102. The van der Waals surface area contributed by atoms with Crippen molar-refractivity contribution in [1.82, 2.24) is 15.0 Å². The Morgan fingerprint density at radius 1 is 1.17 bits per heavy atom.